The minimum atomic E-state index is -0.331. The standard InChI is InChI=1S/C17H19ClN2O3/c1-22-11-13-6-3-5-12(9-13)10-19-17(21)20-15-8-4-7-14(18)16(15)23-2/h3-9H,10-11H2,1-2H3,(H2,19,20,21). The van der Waals surface area contributed by atoms with Crippen LogP contribution in [0.4, 0.5) is 10.5 Å². The fourth-order valence-electron chi connectivity index (χ4n) is 2.16. The molecule has 0 saturated carbocycles. The first-order valence-corrected chi connectivity index (χ1v) is 7.46. The summed E-state index contributed by atoms with van der Waals surface area (Å²) in [5.41, 5.74) is 2.57. The fraction of sp³-hybridized carbons (Fsp3) is 0.235. The second kappa shape index (κ2) is 8.41. The van der Waals surface area contributed by atoms with Gasteiger partial charge in [0.25, 0.3) is 0 Å². The van der Waals surface area contributed by atoms with Crippen molar-refractivity contribution in [2.45, 2.75) is 13.2 Å². The molecule has 2 rings (SSSR count). The Hall–Kier alpha value is -2.24. The highest BCUT2D eigenvalue weighted by molar-refractivity contribution is 6.32. The molecular formula is C17H19ClN2O3. The Morgan fingerprint density at radius 3 is 2.61 bits per heavy atom. The molecule has 0 radical (unpaired) electrons. The highest BCUT2D eigenvalue weighted by Gasteiger charge is 2.10. The zero-order chi connectivity index (χ0) is 16.7. The number of rotatable bonds is 6. The Kier molecular flexibility index (Phi) is 6.26. The van der Waals surface area contributed by atoms with E-state index < -0.39 is 0 Å². The zero-order valence-corrected chi connectivity index (χ0v) is 13.8. The second-order valence-corrected chi connectivity index (χ2v) is 5.29. The van der Waals surface area contributed by atoms with Gasteiger partial charge in [-0.25, -0.2) is 4.79 Å². The van der Waals surface area contributed by atoms with Gasteiger partial charge in [0.1, 0.15) is 0 Å². The van der Waals surface area contributed by atoms with E-state index >= 15 is 0 Å². The quantitative estimate of drug-likeness (QED) is 0.844. The molecule has 0 fully saturated rings. The highest BCUT2D eigenvalue weighted by Crippen LogP contribution is 2.32. The number of benzene rings is 2. The molecule has 5 nitrogen and oxygen atoms in total. The van der Waals surface area contributed by atoms with Crippen LogP contribution < -0.4 is 15.4 Å². The topological polar surface area (TPSA) is 59.6 Å². The van der Waals surface area contributed by atoms with Crippen molar-refractivity contribution in [1.29, 1.82) is 0 Å². The van der Waals surface area contributed by atoms with Crippen LogP contribution in [-0.4, -0.2) is 20.3 Å². The van der Waals surface area contributed by atoms with Crippen molar-refractivity contribution < 1.29 is 14.3 Å². The Morgan fingerprint density at radius 1 is 1.13 bits per heavy atom. The summed E-state index contributed by atoms with van der Waals surface area (Å²) in [6, 6.07) is 12.7. The molecule has 2 N–H and O–H groups in total. The first kappa shape index (κ1) is 17.1. The Bertz CT molecular complexity index is 677. The first-order chi connectivity index (χ1) is 11.1. The summed E-state index contributed by atoms with van der Waals surface area (Å²) in [6.07, 6.45) is 0. The van der Waals surface area contributed by atoms with Gasteiger partial charge in [0.05, 0.1) is 24.4 Å². The number of anilines is 1. The van der Waals surface area contributed by atoms with E-state index in [1.54, 1.807) is 25.3 Å². The number of carbonyl (C=O) groups is 1. The summed E-state index contributed by atoms with van der Waals surface area (Å²) in [7, 11) is 3.16. The van der Waals surface area contributed by atoms with Crippen LogP contribution in [-0.2, 0) is 17.9 Å². The van der Waals surface area contributed by atoms with Crippen molar-refractivity contribution in [2.75, 3.05) is 19.5 Å². The molecule has 0 unspecified atom stereocenters. The number of amides is 2. The normalized spacial score (nSPS) is 10.2. The van der Waals surface area contributed by atoms with E-state index in [0.717, 1.165) is 11.1 Å². The lowest BCUT2D eigenvalue weighted by Gasteiger charge is -2.12. The van der Waals surface area contributed by atoms with Crippen molar-refractivity contribution >= 4 is 23.3 Å². The van der Waals surface area contributed by atoms with Gasteiger partial charge in [0.2, 0.25) is 0 Å². The molecule has 0 aliphatic heterocycles. The summed E-state index contributed by atoms with van der Waals surface area (Å²) in [6.45, 7) is 0.950. The number of para-hydroxylation sites is 1. The SMILES string of the molecule is COCc1cccc(CNC(=O)Nc2cccc(Cl)c2OC)c1. The van der Waals surface area contributed by atoms with Gasteiger partial charge in [0.15, 0.2) is 5.75 Å². The lowest BCUT2D eigenvalue weighted by atomic mass is 10.1. The van der Waals surface area contributed by atoms with Crippen molar-refractivity contribution in [1.82, 2.24) is 5.32 Å². The molecule has 0 aliphatic carbocycles. The molecule has 6 heteroatoms. The lowest BCUT2D eigenvalue weighted by Crippen LogP contribution is -2.28. The maximum Gasteiger partial charge on any atom is 0.319 e. The van der Waals surface area contributed by atoms with Crippen molar-refractivity contribution in [3.63, 3.8) is 0 Å². The third kappa shape index (κ3) is 4.87. The van der Waals surface area contributed by atoms with Gasteiger partial charge in [-0.05, 0) is 23.3 Å². The van der Waals surface area contributed by atoms with E-state index in [2.05, 4.69) is 10.6 Å². The van der Waals surface area contributed by atoms with Gasteiger partial charge in [-0.1, -0.05) is 41.9 Å². The third-order valence-corrected chi connectivity index (χ3v) is 3.47. The summed E-state index contributed by atoms with van der Waals surface area (Å²) in [5.74, 6) is 0.436. The van der Waals surface area contributed by atoms with Crippen LogP contribution >= 0.6 is 11.6 Å². The maximum atomic E-state index is 12.0. The van der Waals surface area contributed by atoms with Crippen molar-refractivity contribution in [2.24, 2.45) is 0 Å². The smallest absolute Gasteiger partial charge is 0.319 e. The predicted octanol–water partition coefficient (Wildman–Crippen LogP) is 3.82. The van der Waals surface area contributed by atoms with Gasteiger partial charge in [-0.3, -0.25) is 0 Å². The van der Waals surface area contributed by atoms with Crippen LogP contribution in [0.3, 0.4) is 0 Å². The number of ether oxygens (including phenoxy) is 2. The molecule has 2 aromatic rings. The maximum absolute atomic E-state index is 12.0. The molecule has 0 bridgehead atoms. The number of nitrogens with one attached hydrogen (secondary N) is 2. The molecule has 0 heterocycles. The van der Waals surface area contributed by atoms with Crippen LogP contribution in [0.1, 0.15) is 11.1 Å². The van der Waals surface area contributed by atoms with Crippen LogP contribution in [0.5, 0.6) is 5.75 Å². The second-order valence-electron chi connectivity index (χ2n) is 4.88. The molecule has 0 atom stereocenters. The van der Waals surface area contributed by atoms with Gasteiger partial charge >= 0.3 is 6.03 Å². The van der Waals surface area contributed by atoms with E-state index in [1.807, 2.05) is 24.3 Å². The summed E-state index contributed by atoms with van der Waals surface area (Å²) in [5, 5.41) is 5.97. The molecule has 0 spiro atoms. The average Bonchev–Trinajstić information content (AvgIpc) is 2.54. The van der Waals surface area contributed by atoms with Gasteiger partial charge < -0.3 is 20.1 Å². The number of hydrogen-bond donors (Lipinski definition) is 2. The molecule has 122 valence electrons. The fourth-order valence-corrected chi connectivity index (χ4v) is 2.41. The number of urea groups is 1. The monoisotopic (exact) mass is 334 g/mol. The highest BCUT2D eigenvalue weighted by atomic mass is 35.5. The van der Waals surface area contributed by atoms with Crippen LogP contribution in [0.2, 0.25) is 5.02 Å². The van der Waals surface area contributed by atoms with Crippen LogP contribution in [0, 0.1) is 0 Å². The minimum absolute atomic E-state index is 0.331. The van der Waals surface area contributed by atoms with Crippen molar-refractivity contribution in [3.8, 4) is 5.75 Å². The Morgan fingerprint density at radius 2 is 1.87 bits per heavy atom. The number of methoxy groups -OCH3 is 2. The van der Waals surface area contributed by atoms with E-state index in [9.17, 15) is 4.79 Å². The predicted molar refractivity (Wildman–Crippen MR) is 91.0 cm³/mol. The molecule has 0 aromatic heterocycles. The van der Waals surface area contributed by atoms with Crippen LogP contribution in [0.15, 0.2) is 42.5 Å². The van der Waals surface area contributed by atoms with Crippen LogP contribution in [0.25, 0.3) is 0 Å². The van der Waals surface area contributed by atoms with Gasteiger partial charge in [0, 0.05) is 13.7 Å². The average molecular weight is 335 g/mol. The van der Waals surface area contributed by atoms with E-state index in [-0.39, 0.29) is 6.03 Å². The van der Waals surface area contributed by atoms with E-state index in [4.69, 9.17) is 21.1 Å². The summed E-state index contributed by atoms with van der Waals surface area (Å²) in [4.78, 5) is 12.0. The minimum Gasteiger partial charge on any atom is -0.493 e. The summed E-state index contributed by atoms with van der Waals surface area (Å²) < 4.78 is 10.3. The molecule has 2 aromatic carbocycles. The molecule has 2 amide bonds. The lowest BCUT2D eigenvalue weighted by molar-refractivity contribution is 0.185. The number of hydrogen-bond acceptors (Lipinski definition) is 3. The molecule has 23 heavy (non-hydrogen) atoms. The van der Waals surface area contributed by atoms with Gasteiger partial charge in [-0.15, -0.1) is 0 Å². The molecular weight excluding hydrogens is 316 g/mol. The van der Waals surface area contributed by atoms with E-state index in [0.29, 0.717) is 29.6 Å². The Labute approximate surface area is 140 Å². The molecule has 0 aliphatic rings. The summed E-state index contributed by atoms with van der Waals surface area (Å²) >= 11 is 6.02. The first-order valence-electron chi connectivity index (χ1n) is 7.08. The van der Waals surface area contributed by atoms with Crippen molar-refractivity contribution in [3.05, 3.63) is 58.6 Å². The van der Waals surface area contributed by atoms with E-state index in [1.165, 1.54) is 7.11 Å². The number of carbonyl (C=O) groups excluding carboxylic acids is 1. The van der Waals surface area contributed by atoms with Gasteiger partial charge in [-0.2, -0.15) is 0 Å². The Balaban J connectivity index is 1.95. The largest absolute Gasteiger partial charge is 0.493 e. The third-order valence-electron chi connectivity index (χ3n) is 3.17. The zero-order valence-electron chi connectivity index (χ0n) is 13.1. The molecule has 0 saturated heterocycles. The number of halogens is 1.